The molecular formula is C31H38F4N2O2. The van der Waals surface area contributed by atoms with Crippen molar-refractivity contribution in [1.29, 1.82) is 0 Å². The number of carboxylic acids is 1. The number of nitrogens with zero attached hydrogens (tertiary/aromatic N) is 1. The second-order valence-electron chi connectivity index (χ2n) is 8.96. The van der Waals surface area contributed by atoms with Gasteiger partial charge in [0.1, 0.15) is 5.82 Å². The molecule has 0 aliphatic heterocycles. The van der Waals surface area contributed by atoms with Crippen LogP contribution in [0.15, 0.2) is 101 Å². The van der Waals surface area contributed by atoms with Crippen molar-refractivity contribution >= 4 is 11.7 Å². The van der Waals surface area contributed by atoms with Gasteiger partial charge in [-0.2, -0.15) is 13.2 Å². The van der Waals surface area contributed by atoms with Crippen molar-refractivity contribution in [1.82, 2.24) is 5.32 Å². The first-order valence-corrected chi connectivity index (χ1v) is 12.8. The van der Waals surface area contributed by atoms with Crippen LogP contribution in [0.2, 0.25) is 0 Å². The van der Waals surface area contributed by atoms with Crippen LogP contribution in [0, 0.1) is 5.82 Å². The summed E-state index contributed by atoms with van der Waals surface area (Å²) < 4.78 is 50.5. The van der Waals surface area contributed by atoms with Gasteiger partial charge in [-0.1, -0.05) is 60.7 Å². The number of benzene rings is 1. The highest BCUT2D eigenvalue weighted by Gasteiger charge is 2.24. The lowest BCUT2D eigenvalue weighted by Gasteiger charge is -2.08. The van der Waals surface area contributed by atoms with Crippen LogP contribution >= 0.6 is 0 Å². The van der Waals surface area contributed by atoms with Crippen LogP contribution in [0.25, 0.3) is 0 Å². The van der Waals surface area contributed by atoms with Gasteiger partial charge in [0.25, 0.3) is 0 Å². The summed E-state index contributed by atoms with van der Waals surface area (Å²) in [6.07, 6.45) is 8.71. The fourth-order valence-electron chi connectivity index (χ4n) is 3.48. The maximum Gasteiger partial charge on any atom is 0.392 e. The molecule has 0 amide bonds. The third-order valence-electron chi connectivity index (χ3n) is 5.59. The summed E-state index contributed by atoms with van der Waals surface area (Å²) in [7, 11) is 0. The Morgan fingerprint density at radius 2 is 1.74 bits per heavy atom. The molecule has 0 aromatic heterocycles. The number of unbranched alkanes of at least 4 members (excludes halogenated alkanes) is 1. The van der Waals surface area contributed by atoms with E-state index in [1.807, 2.05) is 32.1 Å². The Morgan fingerprint density at radius 1 is 1.08 bits per heavy atom. The van der Waals surface area contributed by atoms with Gasteiger partial charge in [-0.3, -0.25) is 9.79 Å². The van der Waals surface area contributed by atoms with Crippen LogP contribution in [-0.2, 0) is 4.79 Å². The molecule has 0 fully saturated rings. The van der Waals surface area contributed by atoms with Gasteiger partial charge in [0.2, 0.25) is 0 Å². The highest BCUT2D eigenvalue weighted by molar-refractivity contribution is 5.99. The molecule has 0 spiro atoms. The fourth-order valence-corrected chi connectivity index (χ4v) is 3.48. The Hall–Kier alpha value is -3.52. The maximum atomic E-state index is 13.3. The van der Waals surface area contributed by atoms with Gasteiger partial charge in [-0.05, 0) is 75.0 Å². The summed E-state index contributed by atoms with van der Waals surface area (Å²) in [4.78, 5) is 15.5. The van der Waals surface area contributed by atoms with Gasteiger partial charge in [-0.25, -0.2) is 4.39 Å². The largest absolute Gasteiger partial charge is 0.481 e. The molecule has 0 aliphatic carbocycles. The van der Waals surface area contributed by atoms with Crippen LogP contribution in [0.3, 0.4) is 0 Å². The predicted octanol–water partition coefficient (Wildman–Crippen LogP) is 8.27. The lowest BCUT2D eigenvalue weighted by Crippen LogP contribution is -2.16. The Morgan fingerprint density at radius 3 is 2.33 bits per heavy atom. The van der Waals surface area contributed by atoms with E-state index >= 15 is 0 Å². The minimum absolute atomic E-state index is 0.125. The molecule has 212 valence electrons. The molecule has 0 saturated carbocycles. The van der Waals surface area contributed by atoms with E-state index in [9.17, 15) is 22.4 Å². The first-order chi connectivity index (χ1) is 18.4. The van der Waals surface area contributed by atoms with E-state index in [1.165, 1.54) is 18.2 Å². The van der Waals surface area contributed by atoms with Gasteiger partial charge >= 0.3 is 12.1 Å². The van der Waals surface area contributed by atoms with Gasteiger partial charge < -0.3 is 10.4 Å². The van der Waals surface area contributed by atoms with Crippen molar-refractivity contribution in [3.8, 4) is 0 Å². The third kappa shape index (κ3) is 15.5. The zero-order valence-electron chi connectivity index (χ0n) is 22.8. The summed E-state index contributed by atoms with van der Waals surface area (Å²) in [6, 6.07) is 6.05. The van der Waals surface area contributed by atoms with Gasteiger partial charge in [0.05, 0.1) is 12.1 Å². The minimum atomic E-state index is -4.23. The van der Waals surface area contributed by atoms with E-state index in [4.69, 9.17) is 10.1 Å². The number of rotatable bonds is 16. The van der Waals surface area contributed by atoms with E-state index in [1.54, 1.807) is 31.2 Å². The van der Waals surface area contributed by atoms with Crippen LogP contribution < -0.4 is 5.32 Å². The Kier molecular flexibility index (Phi) is 15.4. The number of nitrogens with one attached hydrogen (secondary N) is 1. The second-order valence-corrected chi connectivity index (χ2v) is 8.96. The number of carboxylic acid groups (broad SMARTS) is 1. The Balaban J connectivity index is 3.07. The molecule has 0 atom stereocenters. The maximum absolute atomic E-state index is 13.3. The van der Waals surface area contributed by atoms with Crippen LogP contribution in [0.1, 0.15) is 58.4 Å². The smallest absolute Gasteiger partial charge is 0.392 e. The highest BCUT2D eigenvalue weighted by atomic mass is 19.4. The summed E-state index contributed by atoms with van der Waals surface area (Å²) in [5.74, 6) is -1.15. The lowest BCUT2D eigenvalue weighted by molar-refractivity contribution is -0.137. The Labute approximate surface area is 228 Å². The quantitative estimate of drug-likeness (QED) is 0.0949. The van der Waals surface area contributed by atoms with E-state index in [2.05, 4.69) is 11.9 Å². The fraction of sp³-hybridized carbons (Fsp3) is 0.355. The summed E-state index contributed by atoms with van der Waals surface area (Å²) in [6.45, 7) is 10.3. The molecule has 1 aromatic carbocycles. The average molecular weight is 547 g/mol. The lowest BCUT2D eigenvalue weighted by atomic mass is 10.0. The van der Waals surface area contributed by atoms with E-state index < -0.39 is 18.6 Å². The number of allylic oxidation sites excluding steroid dienone is 7. The molecule has 39 heavy (non-hydrogen) atoms. The summed E-state index contributed by atoms with van der Waals surface area (Å²) >= 11 is 0. The topological polar surface area (TPSA) is 61.7 Å². The molecule has 0 aliphatic rings. The van der Waals surface area contributed by atoms with Crippen molar-refractivity contribution in [2.75, 3.05) is 13.1 Å². The van der Waals surface area contributed by atoms with Crippen molar-refractivity contribution in [2.45, 2.75) is 59.1 Å². The van der Waals surface area contributed by atoms with Gasteiger partial charge in [0.15, 0.2) is 0 Å². The van der Waals surface area contributed by atoms with E-state index in [0.29, 0.717) is 30.9 Å². The first kappa shape index (κ1) is 33.5. The number of hydrogen-bond donors (Lipinski definition) is 2. The third-order valence-corrected chi connectivity index (χ3v) is 5.59. The molecule has 2 N–H and O–H groups in total. The molecule has 1 rings (SSSR count). The second kappa shape index (κ2) is 17.9. The SMILES string of the molecule is C=C/C(N=C(C)c1ccc(F)cc1)=C(\C=C\CNCC(/C=C\CC(F)(F)F)=C/C)/C=C(\C)CCCCC(=O)O. The zero-order valence-corrected chi connectivity index (χ0v) is 22.8. The number of aliphatic carboxylic acids is 1. The molecule has 0 radical (unpaired) electrons. The standard InChI is InChI=1S/C31H38F4N2O2/c1-5-25(12-9-19-31(33,34)35)22-36-20-10-13-27(21-23(3)11-7-8-14-30(38)39)29(6-2)37-24(4)26-15-17-28(32)18-16-26/h5-6,9-10,12-13,15-18,21,36H,2,7-8,11,14,19-20,22H2,1,3-4H3,(H,38,39)/b12-9-,13-10+,23-21+,25-5+,29-27-,37-24?. The molecule has 1 aromatic rings. The van der Waals surface area contributed by atoms with Gasteiger partial charge in [-0.15, -0.1) is 0 Å². The number of halogens is 4. The molecule has 0 bridgehead atoms. The average Bonchev–Trinajstić information content (AvgIpc) is 2.87. The number of hydrogen-bond acceptors (Lipinski definition) is 3. The predicted molar refractivity (Wildman–Crippen MR) is 151 cm³/mol. The van der Waals surface area contributed by atoms with Crippen molar-refractivity contribution in [3.05, 3.63) is 107 Å². The normalized spacial score (nSPS) is 14.3. The molecular weight excluding hydrogens is 508 g/mol. The molecule has 8 heteroatoms. The number of alkyl halides is 3. The van der Waals surface area contributed by atoms with Crippen LogP contribution in [-0.4, -0.2) is 36.1 Å². The summed E-state index contributed by atoms with van der Waals surface area (Å²) in [5, 5.41) is 12.0. The highest BCUT2D eigenvalue weighted by Crippen LogP contribution is 2.20. The summed E-state index contributed by atoms with van der Waals surface area (Å²) in [5.41, 5.74) is 4.65. The number of carbonyl (C=O) groups is 1. The van der Waals surface area contributed by atoms with Crippen molar-refractivity contribution < 1.29 is 27.5 Å². The van der Waals surface area contributed by atoms with Crippen molar-refractivity contribution in [3.63, 3.8) is 0 Å². The molecule has 0 unspecified atom stereocenters. The molecule has 0 saturated heterocycles. The zero-order chi connectivity index (χ0) is 29.3. The Bertz CT molecular complexity index is 1120. The molecule has 0 heterocycles. The molecule has 4 nitrogen and oxygen atoms in total. The van der Waals surface area contributed by atoms with Crippen molar-refractivity contribution in [2.24, 2.45) is 4.99 Å². The van der Waals surface area contributed by atoms with E-state index in [0.717, 1.165) is 41.2 Å². The van der Waals surface area contributed by atoms with E-state index in [-0.39, 0.29) is 12.2 Å². The number of aliphatic imine (C=N–C) groups is 1. The minimum Gasteiger partial charge on any atom is -0.481 e. The van der Waals surface area contributed by atoms with Gasteiger partial charge in [0, 0.05) is 25.2 Å². The van der Waals surface area contributed by atoms with Crippen LogP contribution in [0.5, 0.6) is 0 Å². The first-order valence-electron chi connectivity index (χ1n) is 12.8. The monoisotopic (exact) mass is 546 g/mol. The van der Waals surface area contributed by atoms with Crippen LogP contribution in [0.4, 0.5) is 17.6 Å².